The first-order valence-electron chi connectivity index (χ1n) is 6.82. The first kappa shape index (κ1) is 14.2. The van der Waals surface area contributed by atoms with E-state index in [0.29, 0.717) is 13.0 Å². The van der Waals surface area contributed by atoms with E-state index in [1.807, 2.05) is 23.1 Å². The Morgan fingerprint density at radius 2 is 2.32 bits per heavy atom. The number of ether oxygens (including phenoxy) is 1. The van der Waals surface area contributed by atoms with E-state index in [0.717, 1.165) is 31.7 Å². The van der Waals surface area contributed by atoms with Crippen LogP contribution in [0.5, 0.6) is 5.75 Å². The molecule has 1 amide bonds. The fourth-order valence-corrected chi connectivity index (χ4v) is 2.51. The zero-order chi connectivity index (χ0) is 13.7. The third-order valence-corrected chi connectivity index (χ3v) is 3.50. The molecule has 1 aliphatic heterocycles. The van der Waals surface area contributed by atoms with Crippen molar-refractivity contribution in [2.45, 2.75) is 31.6 Å². The summed E-state index contributed by atoms with van der Waals surface area (Å²) < 4.78 is 5.60. The van der Waals surface area contributed by atoms with Crippen molar-refractivity contribution < 1.29 is 9.53 Å². The van der Waals surface area contributed by atoms with E-state index in [-0.39, 0.29) is 11.3 Å². The lowest BCUT2D eigenvalue weighted by molar-refractivity contribution is -0.127. The average molecular weight is 282 g/mol. The van der Waals surface area contributed by atoms with E-state index in [9.17, 15) is 4.79 Å². The van der Waals surface area contributed by atoms with Gasteiger partial charge in [0, 0.05) is 19.5 Å². The van der Waals surface area contributed by atoms with Crippen LogP contribution in [0.4, 0.5) is 0 Å². The highest BCUT2D eigenvalue weighted by Gasteiger charge is 2.27. The molecule has 1 heterocycles. The molecule has 0 aromatic heterocycles. The zero-order valence-corrected chi connectivity index (χ0v) is 12.0. The Kier molecular flexibility index (Phi) is 5.08. The lowest BCUT2D eigenvalue weighted by Gasteiger charge is -2.15. The third kappa shape index (κ3) is 4.13. The molecule has 0 aliphatic carbocycles. The predicted molar refractivity (Wildman–Crippen MR) is 76.8 cm³/mol. The molecule has 0 saturated carbocycles. The van der Waals surface area contributed by atoms with Crippen LogP contribution < -0.4 is 4.74 Å². The summed E-state index contributed by atoms with van der Waals surface area (Å²) in [4.78, 5) is 13.5. The van der Waals surface area contributed by atoms with Crippen molar-refractivity contribution in [3.63, 3.8) is 0 Å². The molecule has 19 heavy (non-hydrogen) atoms. The molecule has 0 spiro atoms. The number of nitrogens with zero attached hydrogens (tertiary/aromatic N) is 1. The Labute approximate surface area is 119 Å². The van der Waals surface area contributed by atoms with E-state index in [1.165, 1.54) is 5.56 Å². The smallest absolute Gasteiger partial charge is 0.224 e. The summed E-state index contributed by atoms with van der Waals surface area (Å²) in [6.07, 6.45) is 2.32. The first-order valence-corrected chi connectivity index (χ1v) is 7.26. The molecule has 1 saturated heterocycles. The van der Waals surface area contributed by atoms with Crippen LogP contribution >= 0.6 is 11.6 Å². The summed E-state index contributed by atoms with van der Waals surface area (Å²) in [7, 11) is 0. The molecule has 1 aromatic rings. The number of rotatable bonds is 6. The number of amides is 1. The normalized spacial score (nSPS) is 18.9. The van der Waals surface area contributed by atoms with Crippen molar-refractivity contribution in [1.82, 2.24) is 4.90 Å². The fourth-order valence-electron chi connectivity index (χ4n) is 2.21. The number of carbonyl (C=O) groups is 1. The van der Waals surface area contributed by atoms with Gasteiger partial charge in [0.05, 0.1) is 12.0 Å². The van der Waals surface area contributed by atoms with Gasteiger partial charge in [-0.1, -0.05) is 19.1 Å². The summed E-state index contributed by atoms with van der Waals surface area (Å²) in [5.41, 5.74) is 1.19. The van der Waals surface area contributed by atoms with E-state index in [2.05, 4.69) is 13.0 Å². The van der Waals surface area contributed by atoms with Crippen LogP contribution in [0.2, 0.25) is 0 Å². The van der Waals surface area contributed by atoms with E-state index in [4.69, 9.17) is 16.3 Å². The Bertz CT molecular complexity index is 436. The maximum Gasteiger partial charge on any atom is 0.224 e. The van der Waals surface area contributed by atoms with E-state index >= 15 is 0 Å². The van der Waals surface area contributed by atoms with Crippen molar-refractivity contribution in [2.75, 3.05) is 19.7 Å². The highest BCUT2D eigenvalue weighted by molar-refractivity contribution is 6.22. The van der Waals surface area contributed by atoms with Gasteiger partial charge in [0.1, 0.15) is 5.75 Å². The second-order valence-corrected chi connectivity index (χ2v) is 5.50. The van der Waals surface area contributed by atoms with Gasteiger partial charge in [-0.25, -0.2) is 0 Å². The highest BCUT2D eigenvalue weighted by atomic mass is 35.5. The molecule has 1 aliphatic rings. The van der Waals surface area contributed by atoms with Crippen LogP contribution in [0.25, 0.3) is 0 Å². The Balaban J connectivity index is 1.87. The lowest BCUT2D eigenvalue weighted by Crippen LogP contribution is -2.27. The first-order chi connectivity index (χ1) is 9.19. The molecule has 3 nitrogen and oxygen atoms in total. The summed E-state index contributed by atoms with van der Waals surface area (Å²) in [6.45, 7) is 4.24. The Morgan fingerprint density at radius 1 is 1.47 bits per heavy atom. The maximum atomic E-state index is 11.6. The van der Waals surface area contributed by atoms with Gasteiger partial charge in [0.15, 0.2) is 0 Å². The fraction of sp³-hybridized carbons (Fsp3) is 0.533. The minimum Gasteiger partial charge on any atom is -0.494 e. The van der Waals surface area contributed by atoms with Crippen LogP contribution in [-0.2, 0) is 11.2 Å². The van der Waals surface area contributed by atoms with Crippen LogP contribution in [0.15, 0.2) is 24.3 Å². The highest BCUT2D eigenvalue weighted by Crippen LogP contribution is 2.18. The minimum absolute atomic E-state index is 0.0216. The molecule has 0 bridgehead atoms. The van der Waals surface area contributed by atoms with Gasteiger partial charge in [-0.3, -0.25) is 4.79 Å². The number of alkyl halides is 1. The van der Waals surface area contributed by atoms with Gasteiger partial charge >= 0.3 is 0 Å². The molecule has 0 radical (unpaired) electrons. The molecule has 2 rings (SSSR count). The topological polar surface area (TPSA) is 29.5 Å². The predicted octanol–water partition coefficient (Wildman–Crippen LogP) is 2.86. The van der Waals surface area contributed by atoms with Crippen LogP contribution in [0.1, 0.15) is 25.3 Å². The van der Waals surface area contributed by atoms with Gasteiger partial charge in [-0.2, -0.15) is 0 Å². The van der Waals surface area contributed by atoms with Gasteiger partial charge in [0.2, 0.25) is 5.91 Å². The average Bonchev–Trinajstić information content (AvgIpc) is 2.73. The third-order valence-electron chi connectivity index (χ3n) is 3.21. The Hall–Kier alpha value is -1.22. The number of halogens is 1. The SMILES string of the molecule is CCCOc1cccc(CCN2CC(Cl)CC2=O)c1. The molecular formula is C15H20ClNO2. The van der Waals surface area contributed by atoms with Crippen molar-refractivity contribution in [1.29, 1.82) is 0 Å². The molecular weight excluding hydrogens is 262 g/mol. The van der Waals surface area contributed by atoms with Gasteiger partial charge in [-0.05, 0) is 30.5 Å². The maximum absolute atomic E-state index is 11.6. The van der Waals surface area contributed by atoms with Crippen LogP contribution in [0.3, 0.4) is 0 Å². The van der Waals surface area contributed by atoms with Gasteiger partial charge < -0.3 is 9.64 Å². The molecule has 4 heteroatoms. The molecule has 104 valence electrons. The molecule has 0 N–H and O–H groups in total. The molecule has 1 fully saturated rings. The minimum atomic E-state index is -0.0216. The molecule has 1 atom stereocenters. The van der Waals surface area contributed by atoms with Gasteiger partial charge in [-0.15, -0.1) is 11.6 Å². The summed E-state index contributed by atoms with van der Waals surface area (Å²) in [5, 5.41) is -0.0216. The largest absolute Gasteiger partial charge is 0.494 e. The summed E-state index contributed by atoms with van der Waals surface area (Å²) in [6, 6.07) is 8.08. The van der Waals surface area contributed by atoms with Crippen LogP contribution in [-0.4, -0.2) is 35.9 Å². The monoisotopic (exact) mass is 281 g/mol. The summed E-state index contributed by atoms with van der Waals surface area (Å²) >= 11 is 5.98. The van der Waals surface area contributed by atoms with Crippen molar-refractivity contribution in [3.8, 4) is 5.75 Å². The molecule has 1 unspecified atom stereocenters. The van der Waals surface area contributed by atoms with Gasteiger partial charge in [0.25, 0.3) is 0 Å². The molecule has 1 aromatic carbocycles. The number of hydrogen-bond acceptors (Lipinski definition) is 2. The quantitative estimate of drug-likeness (QED) is 0.751. The van der Waals surface area contributed by atoms with E-state index < -0.39 is 0 Å². The van der Waals surface area contributed by atoms with Crippen molar-refractivity contribution in [3.05, 3.63) is 29.8 Å². The summed E-state index contributed by atoms with van der Waals surface area (Å²) in [5.74, 6) is 1.07. The Morgan fingerprint density at radius 3 is 3.00 bits per heavy atom. The lowest BCUT2D eigenvalue weighted by atomic mass is 10.1. The van der Waals surface area contributed by atoms with Crippen LogP contribution in [0, 0.1) is 0 Å². The zero-order valence-electron chi connectivity index (χ0n) is 11.3. The number of carbonyl (C=O) groups excluding carboxylic acids is 1. The number of hydrogen-bond donors (Lipinski definition) is 0. The number of likely N-dealkylation sites (tertiary alicyclic amines) is 1. The second-order valence-electron chi connectivity index (χ2n) is 4.89. The van der Waals surface area contributed by atoms with Crippen molar-refractivity contribution in [2.24, 2.45) is 0 Å². The standard InChI is InChI=1S/C15H20ClNO2/c1-2-8-19-14-5-3-4-12(9-14)6-7-17-11-13(16)10-15(17)18/h3-5,9,13H,2,6-8,10-11H2,1H3. The van der Waals surface area contributed by atoms with E-state index in [1.54, 1.807) is 0 Å². The number of benzene rings is 1. The second kappa shape index (κ2) is 6.80. The van der Waals surface area contributed by atoms with Crippen molar-refractivity contribution >= 4 is 17.5 Å².